The van der Waals surface area contributed by atoms with Crippen LogP contribution in [0.5, 0.6) is 0 Å². The van der Waals surface area contributed by atoms with Gasteiger partial charge in [0.25, 0.3) is 0 Å². The van der Waals surface area contributed by atoms with Crippen LogP contribution >= 0.6 is 12.6 Å². The van der Waals surface area contributed by atoms with Crippen LogP contribution in [0.4, 0.5) is 0 Å². The minimum absolute atomic E-state index is 0.0833. The molecule has 0 aromatic carbocycles. The van der Waals surface area contributed by atoms with Crippen LogP contribution < -0.4 is 17.2 Å². The topological polar surface area (TPSA) is 227 Å². The van der Waals surface area contributed by atoms with Crippen molar-refractivity contribution in [2.24, 2.45) is 17.2 Å². The van der Waals surface area contributed by atoms with Gasteiger partial charge in [-0.15, -0.1) is 0 Å². The molecule has 0 aliphatic rings. The molecular weight excluding hydrogens is 298 g/mol. The first-order valence-electron chi connectivity index (χ1n) is 4.67. The Morgan fingerprint density at radius 3 is 0.750 bits per heavy atom. The lowest BCUT2D eigenvalue weighted by Gasteiger charge is -1.73. The maximum Gasteiger partial charge on any atom is 0.317 e. The molecule has 0 saturated heterocycles. The van der Waals surface area contributed by atoms with Crippen LogP contribution in [0, 0.1) is 0 Å². The Balaban J connectivity index is -0.0000000853. The first-order chi connectivity index (χ1) is 9.08. The van der Waals surface area contributed by atoms with Crippen LogP contribution in [0.3, 0.4) is 0 Å². The zero-order chi connectivity index (χ0) is 17.1. The van der Waals surface area contributed by atoms with Gasteiger partial charge in [-0.1, -0.05) is 0 Å². The third kappa shape index (κ3) is 98.5. The van der Waals surface area contributed by atoms with Gasteiger partial charge >= 0.3 is 23.9 Å². The number of carboxylic acids is 4. The van der Waals surface area contributed by atoms with Gasteiger partial charge in [-0.25, -0.2) is 0 Å². The fourth-order valence-electron chi connectivity index (χ4n) is 0. The number of rotatable bonds is 4. The lowest BCUT2D eigenvalue weighted by Crippen LogP contribution is -2.10. The van der Waals surface area contributed by atoms with Gasteiger partial charge in [0.1, 0.15) is 0 Å². The number of hydrogen-bond donors (Lipinski definition) is 8. The van der Waals surface area contributed by atoms with Crippen molar-refractivity contribution in [2.75, 3.05) is 25.4 Å². The average Bonchev–Trinajstić information content (AvgIpc) is 2.40. The second-order valence-electron chi connectivity index (χ2n) is 2.35. The van der Waals surface area contributed by atoms with E-state index in [2.05, 4.69) is 29.8 Å². The normalized spacial score (nSPS) is 7.40. The monoisotopic (exact) mass is 317 g/mol. The fraction of sp³-hybridized carbons (Fsp3) is 0.500. The van der Waals surface area contributed by atoms with Crippen LogP contribution in [-0.4, -0.2) is 69.7 Å². The van der Waals surface area contributed by atoms with E-state index >= 15 is 0 Å². The average molecular weight is 317 g/mol. The molecule has 10 N–H and O–H groups in total. The van der Waals surface area contributed by atoms with Crippen molar-refractivity contribution in [1.82, 2.24) is 0 Å². The highest BCUT2D eigenvalue weighted by atomic mass is 32.1. The van der Waals surface area contributed by atoms with Gasteiger partial charge in [0.15, 0.2) is 0 Å². The van der Waals surface area contributed by atoms with Gasteiger partial charge in [-0.3, -0.25) is 19.2 Å². The van der Waals surface area contributed by atoms with Crippen LogP contribution in [0.15, 0.2) is 0 Å². The number of carbonyl (C=O) groups is 4. The lowest BCUT2D eigenvalue weighted by atomic mass is 10.7. The molecule has 0 heterocycles. The molecule has 0 rings (SSSR count). The largest absolute Gasteiger partial charge is 0.481 e. The molecule has 0 atom stereocenters. The summed E-state index contributed by atoms with van der Waals surface area (Å²) < 4.78 is 0. The van der Waals surface area contributed by atoms with E-state index in [0.717, 1.165) is 0 Å². The van der Waals surface area contributed by atoms with Crippen LogP contribution in [0.2, 0.25) is 0 Å². The first kappa shape index (κ1) is 26.6. The van der Waals surface area contributed by atoms with E-state index in [-0.39, 0.29) is 25.4 Å². The van der Waals surface area contributed by atoms with E-state index < -0.39 is 23.9 Å². The Bertz CT molecular complexity index is 231. The maximum absolute atomic E-state index is 9.29. The molecule has 0 spiro atoms. The molecule has 20 heavy (non-hydrogen) atoms. The highest BCUT2D eigenvalue weighted by molar-refractivity contribution is 7.81. The summed E-state index contributed by atoms with van der Waals surface area (Å²) in [7, 11) is 0. The van der Waals surface area contributed by atoms with E-state index in [9.17, 15) is 19.2 Å². The van der Waals surface area contributed by atoms with Crippen molar-refractivity contribution in [1.29, 1.82) is 0 Å². The molecule has 0 amide bonds. The van der Waals surface area contributed by atoms with Gasteiger partial charge in [0.2, 0.25) is 0 Å². The van der Waals surface area contributed by atoms with Crippen LogP contribution in [-0.2, 0) is 19.2 Å². The standard InChI is InChI=1S/3C2H5NO2.C2H4O2S/c3*3-1-2(4)5;3-2(4)1-5/h3*1,3H2,(H,4,5);5H,1H2,(H,3,4). The van der Waals surface area contributed by atoms with Crippen molar-refractivity contribution in [3.8, 4) is 0 Å². The predicted molar refractivity (Wildman–Crippen MR) is 71.6 cm³/mol. The second-order valence-corrected chi connectivity index (χ2v) is 2.66. The molecule has 0 aromatic rings. The Kier molecular flexibility index (Phi) is 29.7. The molecule has 0 fully saturated rings. The number of aliphatic carboxylic acids is 4. The highest BCUT2D eigenvalue weighted by Gasteiger charge is 1.82. The second kappa shape index (κ2) is 22.3. The summed E-state index contributed by atoms with van der Waals surface area (Å²) in [5.74, 6) is -3.87. The molecule has 0 aliphatic heterocycles. The molecule has 0 aliphatic carbocycles. The zero-order valence-electron chi connectivity index (χ0n) is 10.4. The Hall–Kier alpha value is -1.89. The molecule has 11 nitrogen and oxygen atoms in total. The van der Waals surface area contributed by atoms with Gasteiger partial charge < -0.3 is 37.6 Å². The molecule has 0 radical (unpaired) electrons. The lowest BCUT2D eigenvalue weighted by molar-refractivity contribution is -0.136. The number of thiol groups is 1. The summed E-state index contributed by atoms with van der Waals surface area (Å²) in [6.45, 7) is -0.833. The third-order valence-corrected chi connectivity index (χ3v) is 0.930. The first-order valence-corrected chi connectivity index (χ1v) is 5.30. The van der Waals surface area contributed by atoms with E-state index in [1.165, 1.54) is 0 Å². The maximum atomic E-state index is 9.29. The number of carboxylic acid groups (broad SMARTS) is 4. The third-order valence-electron chi connectivity index (χ3n) is 0.659. The molecule has 0 saturated carbocycles. The van der Waals surface area contributed by atoms with E-state index in [1.807, 2.05) is 0 Å². The molecular formula is C8H19N3O8S. The van der Waals surface area contributed by atoms with Gasteiger partial charge in [-0.05, 0) is 0 Å². The SMILES string of the molecule is NCC(=O)O.NCC(=O)O.NCC(=O)O.O=C(O)CS. The summed E-state index contributed by atoms with van der Waals surface area (Å²) in [5.41, 5.74) is 13.7. The smallest absolute Gasteiger partial charge is 0.317 e. The summed E-state index contributed by atoms with van der Waals surface area (Å²) >= 11 is 3.42. The summed E-state index contributed by atoms with van der Waals surface area (Å²) in [5, 5.41) is 30.4. The van der Waals surface area contributed by atoms with E-state index in [4.69, 9.17) is 20.4 Å². The van der Waals surface area contributed by atoms with Gasteiger partial charge in [0, 0.05) is 0 Å². The molecule has 120 valence electrons. The van der Waals surface area contributed by atoms with Crippen molar-refractivity contribution in [3.05, 3.63) is 0 Å². The number of nitrogens with two attached hydrogens (primary N) is 3. The Labute approximate surface area is 119 Å². The summed E-state index contributed by atoms with van der Waals surface area (Å²) in [4.78, 5) is 37.0. The van der Waals surface area contributed by atoms with Gasteiger partial charge in [0.05, 0.1) is 25.4 Å². The minimum Gasteiger partial charge on any atom is -0.481 e. The fourth-order valence-corrected chi connectivity index (χ4v) is 0. The Morgan fingerprint density at radius 2 is 0.750 bits per heavy atom. The zero-order valence-corrected chi connectivity index (χ0v) is 11.3. The molecule has 0 bridgehead atoms. The quantitative estimate of drug-likeness (QED) is 0.245. The van der Waals surface area contributed by atoms with E-state index in [1.54, 1.807) is 0 Å². The van der Waals surface area contributed by atoms with Crippen molar-refractivity contribution < 1.29 is 39.6 Å². The molecule has 0 unspecified atom stereocenters. The van der Waals surface area contributed by atoms with Crippen molar-refractivity contribution >= 4 is 36.5 Å². The summed E-state index contributed by atoms with van der Waals surface area (Å²) in [6, 6.07) is 0. The van der Waals surface area contributed by atoms with Crippen LogP contribution in [0.1, 0.15) is 0 Å². The van der Waals surface area contributed by atoms with Gasteiger partial charge in [-0.2, -0.15) is 12.6 Å². The number of hydrogen-bond acceptors (Lipinski definition) is 8. The summed E-state index contributed by atoms with van der Waals surface area (Å²) in [6.07, 6.45) is 0. The van der Waals surface area contributed by atoms with Crippen LogP contribution in [0.25, 0.3) is 0 Å². The minimum atomic E-state index is -0.968. The highest BCUT2D eigenvalue weighted by Crippen LogP contribution is 1.66. The molecule has 12 heteroatoms. The predicted octanol–water partition coefficient (Wildman–Crippen LogP) is -2.91. The van der Waals surface area contributed by atoms with E-state index in [0.29, 0.717) is 0 Å². The Morgan fingerprint density at radius 1 is 0.650 bits per heavy atom. The van der Waals surface area contributed by atoms with Crippen molar-refractivity contribution in [2.45, 2.75) is 0 Å². The molecule has 0 aromatic heterocycles. The van der Waals surface area contributed by atoms with Crippen molar-refractivity contribution in [3.63, 3.8) is 0 Å².